The molecule has 0 radical (unpaired) electrons. The quantitative estimate of drug-likeness (QED) is 0.809. The van der Waals surface area contributed by atoms with Gasteiger partial charge in [-0.15, -0.1) is 0 Å². The molecule has 5 heteroatoms. The van der Waals surface area contributed by atoms with Crippen LogP contribution in [0.4, 0.5) is 0 Å². The molecule has 120 valence electrons. The highest BCUT2D eigenvalue weighted by atomic mass is 79.9. The monoisotopic (exact) mass is 374 g/mol. The second kappa shape index (κ2) is 8.48. The summed E-state index contributed by atoms with van der Waals surface area (Å²) >= 11 is 3.36. The van der Waals surface area contributed by atoms with Crippen molar-refractivity contribution in [2.45, 2.75) is 12.8 Å². The molecule has 0 saturated carbocycles. The van der Waals surface area contributed by atoms with Crippen LogP contribution in [-0.4, -0.2) is 29.8 Å². The van der Waals surface area contributed by atoms with Crippen molar-refractivity contribution >= 4 is 27.7 Å². The van der Waals surface area contributed by atoms with E-state index in [4.69, 9.17) is 5.73 Å². The Morgan fingerprint density at radius 2 is 1.61 bits per heavy atom. The second-order valence-corrected chi connectivity index (χ2v) is 6.17. The van der Waals surface area contributed by atoms with Gasteiger partial charge in [0.25, 0.3) is 5.91 Å². The number of halogens is 1. The third kappa shape index (κ3) is 5.53. The zero-order chi connectivity index (χ0) is 16.7. The predicted molar refractivity (Wildman–Crippen MR) is 94.0 cm³/mol. The van der Waals surface area contributed by atoms with Crippen molar-refractivity contribution in [1.29, 1.82) is 0 Å². The number of rotatable bonds is 7. The number of benzene rings is 2. The number of nitrogens with zero attached hydrogens (tertiary/aromatic N) is 1. The number of hydrogen-bond acceptors (Lipinski definition) is 2. The van der Waals surface area contributed by atoms with Crippen LogP contribution in [0, 0.1) is 0 Å². The summed E-state index contributed by atoms with van der Waals surface area (Å²) in [5.41, 5.74) is 6.98. The largest absolute Gasteiger partial charge is 0.370 e. The topological polar surface area (TPSA) is 63.4 Å². The van der Waals surface area contributed by atoms with Crippen LogP contribution in [0.5, 0.6) is 0 Å². The molecule has 0 heterocycles. The van der Waals surface area contributed by atoms with E-state index >= 15 is 0 Å². The van der Waals surface area contributed by atoms with Gasteiger partial charge in [-0.05, 0) is 36.2 Å². The summed E-state index contributed by atoms with van der Waals surface area (Å²) in [6.07, 6.45) is 0.902. The molecule has 0 aromatic heterocycles. The van der Waals surface area contributed by atoms with E-state index in [2.05, 4.69) is 15.9 Å². The highest BCUT2D eigenvalue weighted by Crippen LogP contribution is 2.13. The van der Waals surface area contributed by atoms with E-state index < -0.39 is 5.91 Å². The van der Waals surface area contributed by atoms with Crippen molar-refractivity contribution in [2.24, 2.45) is 5.73 Å². The lowest BCUT2D eigenvalue weighted by molar-refractivity contribution is -0.118. The molecule has 0 atom stereocenters. The Labute approximate surface area is 144 Å². The van der Waals surface area contributed by atoms with Gasteiger partial charge in [-0.3, -0.25) is 9.59 Å². The lowest BCUT2D eigenvalue weighted by Gasteiger charge is -2.22. The van der Waals surface area contributed by atoms with Crippen LogP contribution in [0.2, 0.25) is 0 Å². The maximum Gasteiger partial charge on any atom is 0.253 e. The fraction of sp³-hybridized carbons (Fsp3) is 0.222. The number of hydrogen-bond donors (Lipinski definition) is 1. The highest BCUT2D eigenvalue weighted by Gasteiger charge is 2.16. The normalized spacial score (nSPS) is 10.3. The van der Waals surface area contributed by atoms with E-state index in [1.54, 1.807) is 17.0 Å². The Kier molecular flexibility index (Phi) is 6.35. The summed E-state index contributed by atoms with van der Waals surface area (Å²) in [5, 5.41) is 0. The predicted octanol–water partition coefficient (Wildman–Crippen LogP) is 3.01. The molecular weight excluding hydrogens is 356 g/mol. The Bertz CT molecular complexity index is 656. The van der Waals surface area contributed by atoms with Crippen LogP contribution < -0.4 is 5.73 Å². The number of primary amides is 1. The molecule has 2 aromatic rings. The third-order valence-corrected chi connectivity index (χ3v) is 4.05. The Morgan fingerprint density at radius 1 is 0.957 bits per heavy atom. The number of carbonyl (C=O) groups is 2. The molecule has 0 unspecified atom stereocenters. The van der Waals surface area contributed by atoms with E-state index in [1.807, 2.05) is 42.5 Å². The fourth-order valence-corrected chi connectivity index (χ4v) is 2.51. The zero-order valence-electron chi connectivity index (χ0n) is 12.7. The van der Waals surface area contributed by atoms with Crippen molar-refractivity contribution in [1.82, 2.24) is 4.90 Å². The number of nitrogens with two attached hydrogens (primary N) is 1. The molecule has 2 amide bonds. The van der Waals surface area contributed by atoms with E-state index in [0.717, 1.165) is 16.5 Å². The molecule has 0 spiro atoms. The number of carbonyl (C=O) groups excluding carboxylic acids is 2. The van der Waals surface area contributed by atoms with Crippen LogP contribution in [0.15, 0.2) is 59.1 Å². The van der Waals surface area contributed by atoms with Crippen molar-refractivity contribution in [3.63, 3.8) is 0 Å². The molecule has 2 N–H and O–H groups in total. The first-order chi connectivity index (χ1) is 11.1. The molecule has 23 heavy (non-hydrogen) atoms. The lowest BCUT2D eigenvalue weighted by Crippen LogP contribution is -2.35. The smallest absolute Gasteiger partial charge is 0.253 e. The molecule has 0 aliphatic rings. The average Bonchev–Trinajstić information content (AvgIpc) is 2.56. The van der Waals surface area contributed by atoms with Gasteiger partial charge in [0.15, 0.2) is 0 Å². The van der Waals surface area contributed by atoms with Gasteiger partial charge in [-0.2, -0.15) is 0 Å². The van der Waals surface area contributed by atoms with Gasteiger partial charge in [-0.25, -0.2) is 0 Å². The first-order valence-corrected chi connectivity index (χ1v) is 8.22. The third-order valence-electron chi connectivity index (χ3n) is 3.52. The van der Waals surface area contributed by atoms with Crippen LogP contribution in [0.1, 0.15) is 22.3 Å². The molecule has 0 saturated heterocycles. The Morgan fingerprint density at radius 3 is 2.22 bits per heavy atom. The maximum atomic E-state index is 12.6. The minimum atomic E-state index is -0.404. The van der Waals surface area contributed by atoms with Gasteiger partial charge in [0.1, 0.15) is 0 Å². The summed E-state index contributed by atoms with van der Waals surface area (Å²) in [7, 11) is 0. The van der Waals surface area contributed by atoms with Gasteiger partial charge in [-0.1, -0.05) is 46.3 Å². The SMILES string of the molecule is NC(=O)CCN(CCc1ccccc1)C(=O)c1ccc(Br)cc1. The van der Waals surface area contributed by atoms with Gasteiger partial charge < -0.3 is 10.6 Å². The highest BCUT2D eigenvalue weighted by molar-refractivity contribution is 9.10. The van der Waals surface area contributed by atoms with Crippen molar-refractivity contribution in [3.8, 4) is 0 Å². The van der Waals surface area contributed by atoms with Gasteiger partial charge in [0, 0.05) is 29.5 Å². The van der Waals surface area contributed by atoms with Crippen molar-refractivity contribution in [2.75, 3.05) is 13.1 Å². The maximum absolute atomic E-state index is 12.6. The van der Waals surface area contributed by atoms with E-state index in [-0.39, 0.29) is 12.3 Å². The van der Waals surface area contributed by atoms with Gasteiger partial charge in [0.2, 0.25) is 5.91 Å². The van der Waals surface area contributed by atoms with Gasteiger partial charge >= 0.3 is 0 Å². The van der Waals surface area contributed by atoms with E-state index in [0.29, 0.717) is 18.7 Å². The molecule has 0 bridgehead atoms. The Balaban J connectivity index is 2.07. The summed E-state index contributed by atoms with van der Waals surface area (Å²) < 4.78 is 0.919. The zero-order valence-corrected chi connectivity index (χ0v) is 14.3. The number of amides is 2. The minimum Gasteiger partial charge on any atom is -0.370 e. The molecular formula is C18H19BrN2O2. The first kappa shape index (κ1) is 17.2. The van der Waals surface area contributed by atoms with Crippen LogP contribution in [0.25, 0.3) is 0 Å². The molecule has 0 fully saturated rings. The summed E-state index contributed by atoms with van der Waals surface area (Å²) in [4.78, 5) is 25.4. The Hall–Kier alpha value is -2.14. The van der Waals surface area contributed by atoms with Crippen LogP contribution in [-0.2, 0) is 11.2 Å². The van der Waals surface area contributed by atoms with Crippen molar-refractivity contribution in [3.05, 3.63) is 70.2 Å². The minimum absolute atomic E-state index is 0.0883. The molecule has 4 nitrogen and oxygen atoms in total. The molecule has 0 aliphatic heterocycles. The molecule has 2 rings (SSSR count). The van der Waals surface area contributed by atoms with Crippen LogP contribution >= 0.6 is 15.9 Å². The van der Waals surface area contributed by atoms with E-state index in [1.165, 1.54) is 0 Å². The summed E-state index contributed by atoms with van der Waals surface area (Å²) in [5.74, 6) is -0.493. The molecule has 0 aliphatic carbocycles. The standard InChI is InChI=1S/C18H19BrN2O2/c19-16-8-6-15(7-9-16)18(23)21(13-11-17(20)22)12-10-14-4-2-1-3-5-14/h1-9H,10-13H2,(H2,20,22). The lowest BCUT2D eigenvalue weighted by atomic mass is 10.1. The van der Waals surface area contributed by atoms with Crippen molar-refractivity contribution < 1.29 is 9.59 Å². The van der Waals surface area contributed by atoms with Crippen LogP contribution in [0.3, 0.4) is 0 Å². The first-order valence-electron chi connectivity index (χ1n) is 7.43. The summed E-state index contributed by atoms with van der Waals surface area (Å²) in [6, 6.07) is 17.2. The second-order valence-electron chi connectivity index (χ2n) is 5.25. The summed E-state index contributed by atoms with van der Waals surface area (Å²) in [6.45, 7) is 0.878. The fourth-order valence-electron chi connectivity index (χ4n) is 2.24. The molecule has 2 aromatic carbocycles. The van der Waals surface area contributed by atoms with Gasteiger partial charge in [0.05, 0.1) is 0 Å². The average molecular weight is 375 g/mol. The van der Waals surface area contributed by atoms with E-state index in [9.17, 15) is 9.59 Å².